The average molecular weight is 393 g/mol. The van der Waals surface area contributed by atoms with E-state index in [1.54, 1.807) is 37.3 Å². The van der Waals surface area contributed by atoms with E-state index in [4.69, 9.17) is 16.0 Å². The Morgan fingerprint density at radius 3 is 2.34 bits per heavy atom. The van der Waals surface area contributed by atoms with Crippen LogP contribution in [0.1, 0.15) is 34.0 Å². The van der Waals surface area contributed by atoms with Gasteiger partial charge in [-0.1, -0.05) is 36.1 Å². The van der Waals surface area contributed by atoms with Gasteiger partial charge in [0.15, 0.2) is 0 Å². The van der Waals surface area contributed by atoms with Crippen LogP contribution in [0.3, 0.4) is 0 Å². The third kappa shape index (κ3) is 6.59. The second kappa shape index (κ2) is 10.8. The van der Waals surface area contributed by atoms with E-state index < -0.39 is 23.9 Å². The molecule has 2 aromatic carbocycles. The van der Waals surface area contributed by atoms with Gasteiger partial charge in [0.05, 0.1) is 6.61 Å². The Labute approximate surface area is 169 Å². The Hall–Kier alpha value is -3.44. The molecule has 0 spiro atoms. The molecular weight excluding hydrogens is 370 g/mol. The summed E-state index contributed by atoms with van der Waals surface area (Å²) in [6.07, 6.45) is 3.58. The molecule has 6 N–H and O–H groups in total. The van der Waals surface area contributed by atoms with Crippen LogP contribution in [0.2, 0.25) is 0 Å². The van der Waals surface area contributed by atoms with Gasteiger partial charge in [0.25, 0.3) is 11.8 Å². The van der Waals surface area contributed by atoms with Gasteiger partial charge in [-0.05, 0) is 54.5 Å². The number of nitrogens with one attached hydrogen (secondary N) is 2. The largest absolute Gasteiger partial charge is 0.392 e. The number of benzene rings is 2. The van der Waals surface area contributed by atoms with E-state index in [0.29, 0.717) is 5.56 Å². The number of carbonyl (C=O) groups excluding carboxylic acids is 2. The Bertz CT molecular complexity index is 923. The van der Waals surface area contributed by atoms with Crippen molar-refractivity contribution in [3.8, 4) is 11.8 Å². The summed E-state index contributed by atoms with van der Waals surface area (Å²) < 4.78 is 0. The molecular formula is C22H23N3O4. The van der Waals surface area contributed by atoms with Gasteiger partial charge in [0.1, 0.15) is 6.04 Å². The molecule has 0 aliphatic rings. The summed E-state index contributed by atoms with van der Waals surface area (Å²) in [5.41, 5.74) is 10.0. The van der Waals surface area contributed by atoms with Crippen molar-refractivity contribution < 1.29 is 19.9 Å². The van der Waals surface area contributed by atoms with Crippen LogP contribution in [-0.4, -0.2) is 34.2 Å². The highest BCUT2D eigenvalue weighted by atomic mass is 16.5. The SMILES string of the molecule is C[C@@H](N)C(NC(=O)c1ccc(C#C/C=C/c2ccc(CO)cc2)cc1)C(=O)NO. The van der Waals surface area contributed by atoms with Crippen LogP contribution in [0.5, 0.6) is 0 Å². The van der Waals surface area contributed by atoms with Crippen molar-refractivity contribution in [2.75, 3.05) is 0 Å². The molecule has 7 nitrogen and oxygen atoms in total. The number of nitrogens with two attached hydrogens (primary N) is 1. The molecule has 2 aromatic rings. The third-order valence-corrected chi connectivity index (χ3v) is 4.09. The average Bonchev–Trinajstić information content (AvgIpc) is 2.75. The number of hydrogen-bond donors (Lipinski definition) is 5. The third-order valence-electron chi connectivity index (χ3n) is 4.09. The molecule has 0 saturated heterocycles. The van der Waals surface area contributed by atoms with E-state index >= 15 is 0 Å². The molecule has 0 aromatic heterocycles. The van der Waals surface area contributed by atoms with Gasteiger partial charge in [-0.2, -0.15) is 0 Å². The molecule has 2 rings (SSSR count). The van der Waals surface area contributed by atoms with Gasteiger partial charge in [0.2, 0.25) is 0 Å². The fraction of sp³-hybridized carbons (Fsp3) is 0.182. The van der Waals surface area contributed by atoms with Gasteiger partial charge in [-0.3, -0.25) is 14.8 Å². The van der Waals surface area contributed by atoms with E-state index in [2.05, 4.69) is 17.2 Å². The molecule has 1 unspecified atom stereocenters. The van der Waals surface area contributed by atoms with Crippen molar-refractivity contribution in [1.82, 2.24) is 10.8 Å². The number of hydrogen-bond acceptors (Lipinski definition) is 5. The highest BCUT2D eigenvalue weighted by Gasteiger charge is 2.24. The first-order valence-electron chi connectivity index (χ1n) is 8.93. The summed E-state index contributed by atoms with van der Waals surface area (Å²) in [5.74, 6) is 4.62. The number of amides is 2. The lowest BCUT2D eigenvalue weighted by Crippen LogP contribution is -2.54. The lowest BCUT2D eigenvalue weighted by molar-refractivity contribution is -0.131. The number of allylic oxidation sites excluding steroid dienone is 1. The minimum atomic E-state index is -1.05. The molecule has 0 aliphatic heterocycles. The van der Waals surface area contributed by atoms with Crippen LogP contribution in [-0.2, 0) is 11.4 Å². The Morgan fingerprint density at radius 2 is 1.79 bits per heavy atom. The van der Waals surface area contributed by atoms with Gasteiger partial charge in [-0.25, -0.2) is 5.48 Å². The number of hydroxylamine groups is 1. The Morgan fingerprint density at radius 1 is 1.14 bits per heavy atom. The van der Waals surface area contributed by atoms with Crippen molar-refractivity contribution in [2.45, 2.75) is 25.6 Å². The van der Waals surface area contributed by atoms with Gasteiger partial charge < -0.3 is 16.2 Å². The summed E-state index contributed by atoms with van der Waals surface area (Å²) in [6, 6.07) is 12.3. The summed E-state index contributed by atoms with van der Waals surface area (Å²) in [4.78, 5) is 23.8. The maximum Gasteiger partial charge on any atom is 0.267 e. The maximum absolute atomic E-state index is 12.3. The highest BCUT2D eigenvalue weighted by Crippen LogP contribution is 2.07. The second-order valence-corrected chi connectivity index (χ2v) is 6.37. The first kappa shape index (κ1) is 21.9. The molecule has 0 fully saturated rings. The lowest BCUT2D eigenvalue weighted by atomic mass is 10.1. The predicted molar refractivity (Wildman–Crippen MR) is 110 cm³/mol. The summed E-state index contributed by atoms with van der Waals surface area (Å²) in [7, 11) is 0. The molecule has 29 heavy (non-hydrogen) atoms. The van der Waals surface area contributed by atoms with Crippen LogP contribution < -0.4 is 16.5 Å². The minimum absolute atomic E-state index is 0.0123. The normalized spacial score (nSPS) is 12.6. The van der Waals surface area contributed by atoms with E-state index in [1.807, 2.05) is 30.3 Å². The molecule has 2 amide bonds. The maximum atomic E-state index is 12.3. The molecule has 0 radical (unpaired) electrons. The van der Waals surface area contributed by atoms with Crippen LogP contribution in [0.15, 0.2) is 54.6 Å². The molecule has 0 heterocycles. The zero-order valence-electron chi connectivity index (χ0n) is 15.9. The lowest BCUT2D eigenvalue weighted by Gasteiger charge is -2.19. The summed E-state index contributed by atoms with van der Waals surface area (Å²) in [5, 5.41) is 20.2. The van der Waals surface area contributed by atoms with Crippen molar-refractivity contribution in [3.63, 3.8) is 0 Å². The fourth-order valence-corrected chi connectivity index (χ4v) is 2.43. The molecule has 150 valence electrons. The minimum Gasteiger partial charge on any atom is -0.392 e. The molecule has 0 saturated carbocycles. The number of aliphatic hydroxyl groups is 1. The van der Waals surface area contributed by atoms with Crippen molar-refractivity contribution >= 4 is 17.9 Å². The highest BCUT2D eigenvalue weighted by molar-refractivity contribution is 5.97. The van der Waals surface area contributed by atoms with Crippen LogP contribution in [0.25, 0.3) is 6.08 Å². The number of carbonyl (C=O) groups is 2. The van der Waals surface area contributed by atoms with Gasteiger partial charge in [-0.15, -0.1) is 0 Å². The first-order valence-corrected chi connectivity index (χ1v) is 8.93. The van der Waals surface area contributed by atoms with E-state index in [0.717, 1.165) is 16.7 Å². The van der Waals surface area contributed by atoms with Gasteiger partial charge in [0, 0.05) is 17.2 Å². The van der Waals surface area contributed by atoms with Crippen molar-refractivity contribution in [3.05, 3.63) is 76.9 Å². The predicted octanol–water partition coefficient (Wildman–Crippen LogP) is 1.19. The molecule has 2 atom stereocenters. The quantitative estimate of drug-likeness (QED) is 0.286. The van der Waals surface area contributed by atoms with Gasteiger partial charge >= 0.3 is 0 Å². The van der Waals surface area contributed by atoms with Crippen LogP contribution >= 0.6 is 0 Å². The first-order chi connectivity index (χ1) is 13.9. The Kier molecular flexibility index (Phi) is 8.12. The van der Waals surface area contributed by atoms with Crippen molar-refractivity contribution in [1.29, 1.82) is 0 Å². The second-order valence-electron chi connectivity index (χ2n) is 6.37. The van der Waals surface area contributed by atoms with Crippen molar-refractivity contribution in [2.24, 2.45) is 5.73 Å². The van der Waals surface area contributed by atoms with E-state index in [9.17, 15) is 9.59 Å². The molecule has 0 bridgehead atoms. The summed E-state index contributed by atoms with van der Waals surface area (Å²) in [6.45, 7) is 1.56. The molecule has 7 heteroatoms. The Balaban J connectivity index is 1.99. The zero-order valence-corrected chi connectivity index (χ0v) is 15.9. The topological polar surface area (TPSA) is 125 Å². The standard InChI is InChI=1S/C22H23N3O4/c1-15(23)20(22(28)25-29)24-21(27)19-12-10-17(11-13-19)5-3-2-4-16-6-8-18(14-26)9-7-16/h2,4,6-13,15,20,26,29H,14,23H2,1H3,(H,24,27)(H,25,28)/b4-2+/t15-,20?/m1/s1. The number of rotatable bonds is 6. The monoisotopic (exact) mass is 393 g/mol. The smallest absolute Gasteiger partial charge is 0.267 e. The zero-order chi connectivity index (χ0) is 21.2. The van der Waals surface area contributed by atoms with Crippen LogP contribution in [0.4, 0.5) is 0 Å². The fourth-order valence-electron chi connectivity index (χ4n) is 2.43. The van der Waals surface area contributed by atoms with E-state index in [1.165, 1.54) is 5.48 Å². The summed E-state index contributed by atoms with van der Waals surface area (Å²) >= 11 is 0. The van der Waals surface area contributed by atoms with Crippen LogP contribution in [0, 0.1) is 11.8 Å². The van der Waals surface area contributed by atoms with E-state index in [-0.39, 0.29) is 6.61 Å². The molecule has 0 aliphatic carbocycles. The number of aliphatic hydroxyl groups excluding tert-OH is 1.